The number of methoxy groups -OCH3 is 1. The number of aromatic nitrogens is 1. The van der Waals surface area contributed by atoms with E-state index in [-0.39, 0.29) is 45.6 Å². The van der Waals surface area contributed by atoms with E-state index in [1.165, 1.54) is 32.4 Å². The van der Waals surface area contributed by atoms with Gasteiger partial charge in [-0.3, -0.25) is 24.2 Å². The van der Waals surface area contributed by atoms with E-state index in [0.717, 1.165) is 33.1 Å². The van der Waals surface area contributed by atoms with E-state index in [0.29, 0.717) is 11.6 Å². The zero-order valence-electron chi connectivity index (χ0n) is 27.0. The van der Waals surface area contributed by atoms with Crippen LogP contribution in [-0.2, 0) is 25.4 Å². The third-order valence-electron chi connectivity index (χ3n) is 10.7. The third kappa shape index (κ3) is 5.01. The Morgan fingerprint density at radius 2 is 1.73 bits per heavy atom. The molecule has 4 amide bonds. The number of phenols is 1. The number of hydrogen-bond acceptors (Lipinski definition) is 8. The summed E-state index contributed by atoms with van der Waals surface area (Å²) < 4.78 is 60.5. The standard InChI is InChI=1S/C35H28Cl2F4N4O6/c1-34-19(31(48)44(33(34)50)15-7-11-22(38)21(37)13-15)14-18-16(28(34)27-23(46)5-4-6-24(27)51-3)8-9-17-26(18)32(49)45(30(17)47)43(2)29-20(36)10-12-25(42-29)35(39,40)41/h4-8,10-13,17-19,26,28,46H,9,14H2,1-3H3/t17-,18+,19-,26-,28+,34+/m0/s1. The normalized spacial score (nSPS) is 27.3. The van der Waals surface area contributed by atoms with Crippen molar-refractivity contribution < 1.29 is 46.6 Å². The molecule has 2 saturated heterocycles. The summed E-state index contributed by atoms with van der Waals surface area (Å²) in [5, 5.41) is 12.4. The Bertz CT molecular complexity index is 2080. The number of hydrazine groups is 1. The molecule has 1 aromatic heterocycles. The lowest BCUT2D eigenvalue weighted by Crippen LogP contribution is -2.49. The summed E-state index contributed by atoms with van der Waals surface area (Å²) in [5.41, 5.74) is -2.13. The van der Waals surface area contributed by atoms with Crippen molar-refractivity contribution in [2.24, 2.45) is 29.1 Å². The highest BCUT2D eigenvalue weighted by Crippen LogP contribution is 2.65. The molecule has 2 aliphatic heterocycles. The van der Waals surface area contributed by atoms with Crippen molar-refractivity contribution in [2.45, 2.75) is 31.9 Å². The molecule has 16 heteroatoms. The Kier molecular flexibility index (Phi) is 8.14. The number of carbonyl (C=O) groups is 4. The molecule has 0 spiro atoms. The zero-order valence-corrected chi connectivity index (χ0v) is 28.6. The Hall–Kier alpha value is -4.69. The first-order chi connectivity index (χ1) is 24.0. The number of carbonyl (C=O) groups excluding carboxylic acids is 4. The van der Waals surface area contributed by atoms with Crippen LogP contribution in [0, 0.1) is 34.9 Å². The highest BCUT2D eigenvalue weighted by molar-refractivity contribution is 6.33. The average molecular weight is 748 g/mol. The summed E-state index contributed by atoms with van der Waals surface area (Å²) in [5.74, 6) is -9.15. The van der Waals surface area contributed by atoms with Crippen molar-refractivity contribution in [2.75, 3.05) is 24.1 Å². The first-order valence-corrected chi connectivity index (χ1v) is 16.5. The quantitative estimate of drug-likeness (QED) is 0.178. The molecule has 0 bridgehead atoms. The number of amides is 4. The highest BCUT2D eigenvalue weighted by atomic mass is 35.5. The second-order valence-electron chi connectivity index (χ2n) is 13.2. The Balaban J connectivity index is 1.35. The minimum Gasteiger partial charge on any atom is -0.508 e. The molecule has 1 N–H and O–H groups in total. The van der Waals surface area contributed by atoms with Crippen molar-refractivity contribution in [3.8, 4) is 11.5 Å². The summed E-state index contributed by atoms with van der Waals surface area (Å²) in [6, 6.07) is 9.59. The molecule has 0 radical (unpaired) electrons. The molecule has 3 aromatic rings. The molecular formula is C35H28Cl2F4N4O6. The number of alkyl halides is 3. The fourth-order valence-electron chi connectivity index (χ4n) is 8.38. The van der Waals surface area contributed by atoms with Gasteiger partial charge in [-0.15, -0.1) is 0 Å². The highest BCUT2D eigenvalue weighted by Gasteiger charge is 2.68. The smallest absolute Gasteiger partial charge is 0.433 e. The van der Waals surface area contributed by atoms with Gasteiger partial charge in [0.05, 0.1) is 46.0 Å². The number of phenolic OH excluding ortho intramolecular Hbond substituents is 1. The van der Waals surface area contributed by atoms with Gasteiger partial charge in [0.2, 0.25) is 11.8 Å². The van der Waals surface area contributed by atoms with Crippen molar-refractivity contribution in [1.29, 1.82) is 0 Å². The maximum atomic E-state index is 14.6. The number of hydrogen-bond donors (Lipinski definition) is 1. The first kappa shape index (κ1) is 34.7. The molecule has 4 aliphatic rings. The van der Waals surface area contributed by atoms with E-state index in [2.05, 4.69) is 4.98 Å². The number of rotatable bonds is 5. The van der Waals surface area contributed by atoms with E-state index in [1.807, 2.05) is 0 Å². The molecular weight excluding hydrogens is 719 g/mol. The second-order valence-corrected chi connectivity index (χ2v) is 14.0. The molecule has 7 rings (SSSR count). The van der Waals surface area contributed by atoms with E-state index >= 15 is 0 Å². The maximum Gasteiger partial charge on any atom is 0.433 e. The lowest BCUT2D eigenvalue weighted by molar-refractivity contribution is -0.141. The molecule has 3 fully saturated rings. The van der Waals surface area contributed by atoms with Gasteiger partial charge < -0.3 is 9.84 Å². The van der Waals surface area contributed by atoms with Crippen LogP contribution in [0.15, 0.2) is 60.2 Å². The van der Waals surface area contributed by atoms with E-state index < -0.39 is 82.1 Å². The van der Waals surface area contributed by atoms with Crippen LogP contribution in [-0.4, -0.2) is 52.9 Å². The molecule has 51 heavy (non-hydrogen) atoms. The number of ether oxygens (including phenoxy) is 1. The van der Waals surface area contributed by atoms with Crippen LogP contribution in [0.3, 0.4) is 0 Å². The topological polar surface area (TPSA) is 120 Å². The summed E-state index contributed by atoms with van der Waals surface area (Å²) in [6.45, 7) is 1.59. The van der Waals surface area contributed by atoms with Crippen LogP contribution >= 0.6 is 23.2 Å². The monoisotopic (exact) mass is 746 g/mol. The van der Waals surface area contributed by atoms with E-state index in [1.54, 1.807) is 19.1 Å². The fourth-order valence-corrected chi connectivity index (χ4v) is 8.79. The summed E-state index contributed by atoms with van der Waals surface area (Å²) in [6.07, 6.45) is -3.19. The van der Waals surface area contributed by atoms with Crippen LogP contribution in [0.1, 0.15) is 36.9 Å². The van der Waals surface area contributed by atoms with Gasteiger partial charge >= 0.3 is 6.18 Å². The predicted octanol–water partition coefficient (Wildman–Crippen LogP) is 6.54. The van der Waals surface area contributed by atoms with Gasteiger partial charge in [-0.05, 0) is 68.1 Å². The number of halogens is 6. The molecule has 0 unspecified atom stereocenters. The van der Waals surface area contributed by atoms with Crippen LogP contribution in [0.2, 0.25) is 10.0 Å². The minimum atomic E-state index is -4.84. The molecule has 266 valence electrons. The number of anilines is 2. The number of pyridine rings is 1. The SMILES string of the molecule is COc1cccc(O)c1[C@H]1C2=CC[C@@H]3C(=O)N(N(C)c4nc(C(F)(F)F)ccc4Cl)C(=O)[C@@H]3[C@@H]2C[C@H]2C(=O)N(c3ccc(F)c(Cl)c3)C(=O)[C@@]12C. The lowest BCUT2D eigenvalue weighted by atomic mass is 9.51. The van der Waals surface area contributed by atoms with Gasteiger partial charge in [-0.25, -0.2) is 14.3 Å². The van der Waals surface area contributed by atoms with Crippen LogP contribution in [0.4, 0.5) is 29.1 Å². The van der Waals surface area contributed by atoms with Crippen molar-refractivity contribution in [1.82, 2.24) is 9.99 Å². The largest absolute Gasteiger partial charge is 0.508 e. The van der Waals surface area contributed by atoms with Gasteiger partial charge in [0.25, 0.3) is 11.8 Å². The van der Waals surface area contributed by atoms with Crippen molar-refractivity contribution >= 4 is 58.3 Å². The number of allylic oxidation sites excluding steroid dienone is 2. The number of nitrogens with zero attached hydrogens (tertiary/aromatic N) is 4. The van der Waals surface area contributed by atoms with Gasteiger partial charge in [-0.2, -0.15) is 18.2 Å². The van der Waals surface area contributed by atoms with Gasteiger partial charge in [0.15, 0.2) is 5.82 Å². The Morgan fingerprint density at radius 3 is 2.39 bits per heavy atom. The summed E-state index contributed by atoms with van der Waals surface area (Å²) in [4.78, 5) is 61.8. The number of imide groups is 2. The summed E-state index contributed by atoms with van der Waals surface area (Å²) in [7, 11) is 2.58. The maximum absolute atomic E-state index is 14.6. The van der Waals surface area contributed by atoms with Crippen LogP contribution in [0.25, 0.3) is 0 Å². The molecule has 6 atom stereocenters. The van der Waals surface area contributed by atoms with Crippen LogP contribution in [0.5, 0.6) is 11.5 Å². The average Bonchev–Trinajstić information content (AvgIpc) is 3.45. The fraction of sp³-hybridized carbons (Fsp3) is 0.343. The number of aromatic hydroxyl groups is 1. The number of fused-ring (bicyclic) bond motifs is 4. The second kappa shape index (κ2) is 11.9. The molecule has 10 nitrogen and oxygen atoms in total. The third-order valence-corrected chi connectivity index (χ3v) is 11.3. The lowest BCUT2D eigenvalue weighted by Gasteiger charge is -2.49. The van der Waals surface area contributed by atoms with Crippen molar-refractivity contribution in [3.05, 3.63) is 87.3 Å². The zero-order chi connectivity index (χ0) is 36.9. The molecule has 1 saturated carbocycles. The Labute approximate surface area is 298 Å². The number of benzene rings is 2. The van der Waals surface area contributed by atoms with Crippen molar-refractivity contribution in [3.63, 3.8) is 0 Å². The van der Waals surface area contributed by atoms with Crippen LogP contribution < -0.4 is 14.6 Å². The molecule has 2 aromatic carbocycles. The van der Waals surface area contributed by atoms with Gasteiger partial charge in [0, 0.05) is 18.5 Å². The Morgan fingerprint density at radius 1 is 1.00 bits per heavy atom. The summed E-state index contributed by atoms with van der Waals surface area (Å²) >= 11 is 12.3. The van der Waals surface area contributed by atoms with E-state index in [4.69, 9.17) is 27.9 Å². The van der Waals surface area contributed by atoms with Gasteiger partial charge in [-0.1, -0.05) is 40.9 Å². The van der Waals surface area contributed by atoms with E-state index in [9.17, 15) is 41.8 Å². The van der Waals surface area contributed by atoms with Gasteiger partial charge in [0.1, 0.15) is 23.0 Å². The minimum absolute atomic E-state index is 0.00173. The molecule has 2 aliphatic carbocycles. The molecule has 3 heterocycles. The first-order valence-electron chi connectivity index (χ1n) is 15.8. The predicted molar refractivity (Wildman–Crippen MR) is 175 cm³/mol.